The highest BCUT2D eigenvalue weighted by Gasteiger charge is 2.19. The van der Waals surface area contributed by atoms with Crippen molar-refractivity contribution in [1.82, 2.24) is 14.8 Å². The minimum Gasteiger partial charge on any atom is -0.384 e. The molecule has 3 N–H and O–H groups in total. The molecule has 2 heterocycles. The summed E-state index contributed by atoms with van der Waals surface area (Å²) in [4.78, 5) is 4.03. The first-order valence-corrected chi connectivity index (χ1v) is 5.44. The van der Waals surface area contributed by atoms with Crippen molar-refractivity contribution in [2.75, 3.05) is 0 Å². The summed E-state index contributed by atoms with van der Waals surface area (Å²) in [5.74, 6) is 0. The molecule has 0 amide bonds. The van der Waals surface area contributed by atoms with Crippen LogP contribution in [0.5, 0.6) is 0 Å². The number of pyridine rings is 1. The Kier molecular flexibility index (Phi) is 2.95. The molecule has 0 aromatic carbocycles. The first-order valence-electron chi connectivity index (χ1n) is 5.44. The highest BCUT2D eigenvalue weighted by Crippen LogP contribution is 2.19. The zero-order chi connectivity index (χ0) is 12.5. The van der Waals surface area contributed by atoms with E-state index in [9.17, 15) is 5.11 Å². The minimum absolute atomic E-state index is 0.404. The van der Waals surface area contributed by atoms with E-state index in [1.165, 1.54) is 0 Å². The van der Waals surface area contributed by atoms with Gasteiger partial charge in [0.25, 0.3) is 0 Å². The fraction of sp³-hybridized carbons (Fsp3) is 0.333. The van der Waals surface area contributed by atoms with Gasteiger partial charge in [-0.1, -0.05) is 0 Å². The van der Waals surface area contributed by atoms with E-state index in [0.29, 0.717) is 12.2 Å². The fourth-order valence-corrected chi connectivity index (χ4v) is 1.58. The van der Waals surface area contributed by atoms with Gasteiger partial charge in [0.2, 0.25) is 0 Å². The normalized spacial score (nSPS) is 11.8. The van der Waals surface area contributed by atoms with Crippen molar-refractivity contribution in [3.8, 4) is 5.69 Å². The summed E-state index contributed by atoms with van der Waals surface area (Å²) < 4.78 is 1.71. The molecule has 0 bridgehead atoms. The molecule has 0 aliphatic carbocycles. The Labute approximate surface area is 99.9 Å². The second-order valence-corrected chi connectivity index (χ2v) is 4.41. The van der Waals surface area contributed by atoms with E-state index in [-0.39, 0.29) is 0 Å². The summed E-state index contributed by atoms with van der Waals surface area (Å²) in [5, 5.41) is 14.2. The van der Waals surface area contributed by atoms with Crippen LogP contribution in [-0.4, -0.2) is 19.9 Å². The SMILES string of the molecule is CC(C)(O)c1ccn(-c2ccncc2CN)n1. The third-order valence-corrected chi connectivity index (χ3v) is 2.56. The summed E-state index contributed by atoms with van der Waals surface area (Å²) in [6.07, 6.45) is 5.22. The molecule has 0 fully saturated rings. The van der Waals surface area contributed by atoms with E-state index in [0.717, 1.165) is 11.3 Å². The molecule has 5 heteroatoms. The maximum atomic E-state index is 9.86. The van der Waals surface area contributed by atoms with Crippen molar-refractivity contribution < 1.29 is 5.11 Å². The number of rotatable bonds is 3. The topological polar surface area (TPSA) is 77.0 Å². The van der Waals surface area contributed by atoms with Crippen LogP contribution in [0.1, 0.15) is 25.1 Å². The van der Waals surface area contributed by atoms with Crippen molar-refractivity contribution >= 4 is 0 Å². The molecule has 0 spiro atoms. The molecule has 90 valence electrons. The Hall–Kier alpha value is -1.72. The molecule has 0 aliphatic heterocycles. The second kappa shape index (κ2) is 4.27. The molecule has 5 nitrogen and oxygen atoms in total. The number of hydrogen-bond acceptors (Lipinski definition) is 4. The van der Waals surface area contributed by atoms with Gasteiger partial charge >= 0.3 is 0 Å². The summed E-state index contributed by atoms with van der Waals surface area (Å²) in [6.45, 7) is 3.81. The van der Waals surface area contributed by atoms with E-state index in [4.69, 9.17) is 5.73 Å². The third-order valence-electron chi connectivity index (χ3n) is 2.56. The molecule has 0 atom stereocenters. The molecular formula is C12H16N4O. The first kappa shape index (κ1) is 11.8. The van der Waals surface area contributed by atoms with E-state index < -0.39 is 5.60 Å². The van der Waals surface area contributed by atoms with Gasteiger partial charge in [0.1, 0.15) is 5.60 Å². The molecule has 17 heavy (non-hydrogen) atoms. The Morgan fingerprint density at radius 2 is 2.18 bits per heavy atom. The molecule has 0 aliphatic rings. The summed E-state index contributed by atoms with van der Waals surface area (Å²) in [5.41, 5.74) is 7.13. The van der Waals surface area contributed by atoms with Crippen LogP contribution in [0.2, 0.25) is 0 Å². The average molecular weight is 232 g/mol. The van der Waals surface area contributed by atoms with E-state index in [1.54, 1.807) is 37.0 Å². The summed E-state index contributed by atoms with van der Waals surface area (Å²) in [7, 11) is 0. The number of nitrogens with zero attached hydrogens (tertiary/aromatic N) is 3. The van der Waals surface area contributed by atoms with Crippen LogP contribution in [-0.2, 0) is 12.1 Å². The Morgan fingerprint density at radius 3 is 2.76 bits per heavy atom. The van der Waals surface area contributed by atoms with Crippen molar-refractivity contribution in [2.45, 2.75) is 26.0 Å². The summed E-state index contributed by atoms with van der Waals surface area (Å²) >= 11 is 0. The van der Waals surface area contributed by atoms with Gasteiger partial charge in [-0.15, -0.1) is 0 Å². The van der Waals surface area contributed by atoms with Gasteiger partial charge in [-0.2, -0.15) is 5.10 Å². The van der Waals surface area contributed by atoms with Gasteiger partial charge in [-0.25, -0.2) is 4.68 Å². The lowest BCUT2D eigenvalue weighted by Gasteiger charge is -2.13. The zero-order valence-corrected chi connectivity index (χ0v) is 9.96. The van der Waals surface area contributed by atoms with Gasteiger partial charge < -0.3 is 10.8 Å². The lowest BCUT2D eigenvalue weighted by Crippen LogP contribution is -2.17. The number of hydrogen-bond donors (Lipinski definition) is 2. The lowest BCUT2D eigenvalue weighted by atomic mass is 10.1. The van der Waals surface area contributed by atoms with Crippen LogP contribution in [0.25, 0.3) is 5.69 Å². The lowest BCUT2D eigenvalue weighted by molar-refractivity contribution is 0.0734. The van der Waals surface area contributed by atoms with Crippen LogP contribution < -0.4 is 5.73 Å². The minimum atomic E-state index is -0.943. The monoisotopic (exact) mass is 232 g/mol. The number of aliphatic hydroxyl groups is 1. The van der Waals surface area contributed by atoms with E-state index in [1.807, 2.05) is 12.3 Å². The van der Waals surface area contributed by atoms with Crippen molar-refractivity contribution in [3.05, 3.63) is 42.0 Å². The second-order valence-electron chi connectivity index (χ2n) is 4.41. The predicted molar refractivity (Wildman–Crippen MR) is 64.5 cm³/mol. The predicted octanol–water partition coefficient (Wildman–Crippen LogP) is 0.953. The Bertz CT molecular complexity index is 513. The first-order chi connectivity index (χ1) is 8.02. The smallest absolute Gasteiger partial charge is 0.103 e. The fourth-order valence-electron chi connectivity index (χ4n) is 1.58. The van der Waals surface area contributed by atoms with Gasteiger partial charge in [-0.3, -0.25) is 4.98 Å². The van der Waals surface area contributed by atoms with Gasteiger partial charge in [0.15, 0.2) is 0 Å². The van der Waals surface area contributed by atoms with Crippen molar-refractivity contribution in [2.24, 2.45) is 5.73 Å². The molecule has 0 saturated carbocycles. The van der Waals surface area contributed by atoms with Crippen molar-refractivity contribution in [3.63, 3.8) is 0 Å². The molecule has 2 aromatic heterocycles. The van der Waals surface area contributed by atoms with E-state index >= 15 is 0 Å². The third kappa shape index (κ3) is 2.35. The van der Waals surface area contributed by atoms with Gasteiger partial charge in [-0.05, 0) is 26.0 Å². The molecule has 0 radical (unpaired) electrons. The quantitative estimate of drug-likeness (QED) is 0.826. The maximum Gasteiger partial charge on any atom is 0.103 e. The molecule has 0 unspecified atom stereocenters. The standard InChI is InChI=1S/C12H16N4O/c1-12(2,17)11-4-6-16(15-11)10-3-5-14-8-9(10)7-13/h3-6,8,17H,7,13H2,1-2H3. The van der Waals surface area contributed by atoms with Gasteiger partial charge in [0.05, 0.1) is 11.4 Å². The van der Waals surface area contributed by atoms with Crippen LogP contribution in [0, 0.1) is 0 Å². The highest BCUT2D eigenvalue weighted by molar-refractivity contribution is 5.38. The van der Waals surface area contributed by atoms with E-state index in [2.05, 4.69) is 10.1 Å². The molecule has 2 rings (SSSR count). The largest absolute Gasteiger partial charge is 0.384 e. The Morgan fingerprint density at radius 1 is 1.41 bits per heavy atom. The molecule has 2 aromatic rings. The van der Waals surface area contributed by atoms with Crippen LogP contribution in [0.15, 0.2) is 30.7 Å². The molecule has 0 saturated heterocycles. The van der Waals surface area contributed by atoms with Crippen LogP contribution in [0.3, 0.4) is 0 Å². The number of nitrogens with two attached hydrogens (primary N) is 1. The highest BCUT2D eigenvalue weighted by atomic mass is 16.3. The van der Waals surface area contributed by atoms with Crippen LogP contribution in [0.4, 0.5) is 0 Å². The van der Waals surface area contributed by atoms with Gasteiger partial charge in [0, 0.05) is 30.7 Å². The Balaban J connectivity index is 2.44. The zero-order valence-electron chi connectivity index (χ0n) is 9.96. The summed E-state index contributed by atoms with van der Waals surface area (Å²) in [6, 6.07) is 3.64. The maximum absolute atomic E-state index is 9.86. The van der Waals surface area contributed by atoms with Crippen molar-refractivity contribution in [1.29, 1.82) is 0 Å². The van der Waals surface area contributed by atoms with Crippen LogP contribution >= 0.6 is 0 Å². The average Bonchev–Trinajstić information content (AvgIpc) is 2.77. The molecular weight excluding hydrogens is 216 g/mol. The number of aromatic nitrogens is 3.